The van der Waals surface area contributed by atoms with Gasteiger partial charge in [0.2, 0.25) is 0 Å². The average Bonchev–Trinajstić information content (AvgIpc) is 2.63. The molecule has 1 aromatic heterocycles. The van der Waals surface area contributed by atoms with Crippen LogP contribution in [0.2, 0.25) is 0 Å². The topological polar surface area (TPSA) is 53.1 Å². The van der Waals surface area contributed by atoms with Crippen LogP contribution in [0.25, 0.3) is 0 Å². The van der Waals surface area contributed by atoms with E-state index in [9.17, 15) is 0 Å². The summed E-state index contributed by atoms with van der Waals surface area (Å²) in [5, 5.41) is 6.61. The van der Waals surface area contributed by atoms with Crippen molar-refractivity contribution in [3.63, 3.8) is 0 Å². The fourth-order valence-corrected chi connectivity index (χ4v) is 2.46. The van der Waals surface area contributed by atoms with Gasteiger partial charge in [-0.25, -0.2) is 9.97 Å². The Morgan fingerprint density at radius 1 is 0.800 bits per heavy atom. The molecule has 0 aliphatic rings. The zero-order valence-electron chi connectivity index (χ0n) is 14.8. The second kappa shape index (κ2) is 7.66. The number of hydrogen-bond donors (Lipinski definition) is 2. The Morgan fingerprint density at radius 2 is 1.32 bits per heavy atom. The third-order valence-electron chi connectivity index (χ3n) is 3.96. The highest BCUT2D eigenvalue weighted by Crippen LogP contribution is 2.21. The number of benzene rings is 2. The van der Waals surface area contributed by atoms with Crippen LogP contribution in [0, 0.1) is 0 Å². The molecule has 0 radical (unpaired) electrons. The number of aromatic nitrogens is 2. The van der Waals surface area contributed by atoms with Gasteiger partial charge in [-0.05, 0) is 48.4 Å². The van der Waals surface area contributed by atoms with Crippen LogP contribution >= 0.6 is 0 Å². The molecule has 3 aromatic rings. The van der Waals surface area contributed by atoms with E-state index < -0.39 is 0 Å². The van der Waals surface area contributed by atoms with Crippen LogP contribution in [0.3, 0.4) is 0 Å². The summed E-state index contributed by atoms with van der Waals surface area (Å²) in [6.45, 7) is 2.15. The Balaban J connectivity index is 1.70. The smallest absolute Gasteiger partial charge is 0.135 e. The molecule has 0 saturated carbocycles. The second-order valence-corrected chi connectivity index (χ2v) is 6.03. The van der Waals surface area contributed by atoms with Gasteiger partial charge in [0.15, 0.2) is 0 Å². The summed E-state index contributed by atoms with van der Waals surface area (Å²) in [5.74, 6) is 1.51. The Hall–Kier alpha value is -3.08. The molecule has 25 heavy (non-hydrogen) atoms. The van der Waals surface area contributed by atoms with E-state index in [1.54, 1.807) is 6.33 Å². The molecule has 0 bridgehead atoms. The SMILES string of the molecule is CCc1ccc(Nc2cc(Nc3ccc(N(C)C)cc3)ncn2)cc1. The number of aryl methyl sites for hydroxylation is 1. The predicted molar refractivity (Wildman–Crippen MR) is 105 cm³/mol. The number of anilines is 5. The van der Waals surface area contributed by atoms with Crippen molar-refractivity contribution in [3.05, 3.63) is 66.5 Å². The molecule has 0 amide bonds. The van der Waals surface area contributed by atoms with E-state index in [0.29, 0.717) is 0 Å². The first kappa shape index (κ1) is 16.8. The highest BCUT2D eigenvalue weighted by molar-refractivity contribution is 5.64. The molecular formula is C20H23N5. The summed E-state index contributed by atoms with van der Waals surface area (Å²) < 4.78 is 0. The van der Waals surface area contributed by atoms with Crippen molar-refractivity contribution < 1.29 is 0 Å². The van der Waals surface area contributed by atoms with Crippen molar-refractivity contribution in [2.24, 2.45) is 0 Å². The molecule has 0 aliphatic heterocycles. The lowest BCUT2D eigenvalue weighted by Crippen LogP contribution is -2.08. The van der Waals surface area contributed by atoms with Gasteiger partial charge in [-0.3, -0.25) is 0 Å². The maximum absolute atomic E-state index is 4.29. The number of nitrogens with zero attached hydrogens (tertiary/aromatic N) is 3. The number of hydrogen-bond acceptors (Lipinski definition) is 5. The van der Waals surface area contributed by atoms with Crippen molar-refractivity contribution in [1.29, 1.82) is 0 Å². The maximum atomic E-state index is 4.29. The summed E-state index contributed by atoms with van der Waals surface area (Å²) in [4.78, 5) is 10.6. The van der Waals surface area contributed by atoms with Gasteiger partial charge < -0.3 is 15.5 Å². The highest BCUT2D eigenvalue weighted by atomic mass is 15.1. The quantitative estimate of drug-likeness (QED) is 0.691. The van der Waals surface area contributed by atoms with Gasteiger partial charge in [0, 0.05) is 37.2 Å². The molecule has 0 fully saturated rings. The fraction of sp³-hybridized carbons (Fsp3) is 0.200. The van der Waals surface area contributed by atoms with E-state index in [4.69, 9.17) is 0 Å². The van der Waals surface area contributed by atoms with Crippen molar-refractivity contribution in [3.8, 4) is 0 Å². The Kier molecular flexibility index (Phi) is 5.14. The first-order chi connectivity index (χ1) is 12.1. The van der Waals surface area contributed by atoms with Crippen molar-refractivity contribution in [2.45, 2.75) is 13.3 Å². The van der Waals surface area contributed by atoms with Crippen molar-refractivity contribution in [2.75, 3.05) is 29.6 Å². The molecule has 0 atom stereocenters. The van der Waals surface area contributed by atoms with Gasteiger partial charge in [-0.1, -0.05) is 19.1 Å². The summed E-state index contributed by atoms with van der Waals surface area (Å²) in [6.07, 6.45) is 2.59. The molecule has 1 heterocycles. The molecule has 0 spiro atoms. The molecule has 2 N–H and O–H groups in total. The second-order valence-electron chi connectivity index (χ2n) is 6.03. The molecule has 0 unspecified atom stereocenters. The zero-order valence-corrected chi connectivity index (χ0v) is 14.8. The lowest BCUT2D eigenvalue weighted by Gasteiger charge is -2.13. The molecular weight excluding hydrogens is 310 g/mol. The molecule has 5 nitrogen and oxygen atoms in total. The lowest BCUT2D eigenvalue weighted by molar-refractivity contribution is 1.13. The van der Waals surface area contributed by atoms with E-state index in [-0.39, 0.29) is 0 Å². The molecule has 0 saturated heterocycles. The standard InChI is InChI=1S/C20H23N5/c1-4-15-5-7-16(8-6-15)23-19-13-20(22-14-21-19)24-17-9-11-18(12-10-17)25(2)3/h5-14H,4H2,1-3H3,(H2,21,22,23,24). The largest absolute Gasteiger partial charge is 0.378 e. The van der Waals surface area contributed by atoms with Crippen LogP contribution in [0.1, 0.15) is 12.5 Å². The van der Waals surface area contributed by atoms with Crippen LogP contribution in [0.4, 0.5) is 28.7 Å². The monoisotopic (exact) mass is 333 g/mol. The lowest BCUT2D eigenvalue weighted by atomic mass is 10.1. The molecule has 3 rings (SSSR count). The Labute approximate surface area is 148 Å². The van der Waals surface area contributed by atoms with Crippen LogP contribution in [-0.4, -0.2) is 24.1 Å². The van der Waals surface area contributed by atoms with E-state index in [1.807, 2.05) is 32.3 Å². The van der Waals surface area contributed by atoms with Crippen molar-refractivity contribution >= 4 is 28.7 Å². The van der Waals surface area contributed by atoms with E-state index in [2.05, 4.69) is 68.8 Å². The molecule has 0 aliphatic carbocycles. The van der Waals surface area contributed by atoms with Gasteiger partial charge in [0.05, 0.1) is 0 Å². The molecule has 128 valence electrons. The van der Waals surface area contributed by atoms with Gasteiger partial charge >= 0.3 is 0 Å². The van der Waals surface area contributed by atoms with Gasteiger partial charge in [0.1, 0.15) is 18.0 Å². The van der Waals surface area contributed by atoms with Crippen LogP contribution in [0.5, 0.6) is 0 Å². The summed E-state index contributed by atoms with van der Waals surface area (Å²) in [7, 11) is 4.05. The number of rotatable bonds is 6. The first-order valence-electron chi connectivity index (χ1n) is 8.36. The normalized spacial score (nSPS) is 10.4. The van der Waals surface area contributed by atoms with Gasteiger partial charge in [-0.15, -0.1) is 0 Å². The van der Waals surface area contributed by atoms with E-state index in [1.165, 1.54) is 5.56 Å². The third-order valence-corrected chi connectivity index (χ3v) is 3.96. The predicted octanol–water partition coefficient (Wildman–Crippen LogP) is 4.59. The van der Waals surface area contributed by atoms with E-state index in [0.717, 1.165) is 35.1 Å². The summed E-state index contributed by atoms with van der Waals surface area (Å²) in [6, 6.07) is 18.5. The Morgan fingerprint density at radius 3 is 1.80 bits per heavy atom. The van der Waals surface area contributed by atoms with E-state index >= 15 is 0 Å². The van der Waals surface area contributed by atoms with Crippen LogP contribution in [-0.2, 0) is 6.42 Å². The Bertz CT molecular complexity index is 810. The molecule has 2 aromatic carbocycles. The first-order valence-corrected chi connectivity index (χ1v) is 8.36. The highest BCUT2D eigenvalue weighted by Gasteiger charge is 2.02. The minimum absolute atomic E-state index is 0.750. The third kappa shape index (κ3) is 4.47. The van der Waals surface area contributed by atoms with Crippen LogP contribution < -0.4 is 15.5 Å². The summed E-state index contributed by atoms with van der Waals surface area (Å²) >= 11 is 0. The van der Waals surface area contributed by atoms with Gasteiger partial charge in [-0.2, -0.15) is 0 Å². The van der Waals surface area contributed by atoms with Crippen molar-refractivity contribution in [1.82, 2.24) is 9.97 Å². The molecule has 5 heteroatoms. The summed E-state index contributed by atoms with van der Waals surface area (Å²) in [5.41, 5.74) is 4.47. The zero-order chi connectivity index (χ0) is 17.6. The maximum Gasteiger partial charge on any atom is 0.135 e. The minimum atomic E-state index is 0.750. The number of nitrogens with one attached hydrogen (secondary N) is 2. The van der Waals surface area contributed by atoms with Crippen LogP contribution in [0.15, 0.2) is 60.9 Å². The fourth-order valence-electron chi connectivity index (χ4n) is 2.46. The minimum Gasteiger partial charge on any atom is -0.378 e. The van der Waals surface area contributed by atoms with Gasteiger partial charge in [0.25, 0.3) is 0 Å². The average molecular weight is 333 g/mol.